The highest BCUT2D eigenvalue weighted by Crippen LogP contribution is 2.08. The lowest BCUT2D eigenvalue weighted by atomic mass is 10.2. The van der Waals surface area contributed by atoms with Gasteiger partial charge >= 0.3 is 0 Å². The van der Waals surface area contributed by atoms with Crippen molar-refractivity contribution in [3.63, 3.8) is 0 Å². The number of benzene rings is 1. The molecule has 1 aliphatic heterocycles. The fourth-order valence-corrected chi connectivity index (χ4v) is 4.32. The quantitative estimate of drug-likeness (QED) is 0.686. The number of aromatic nitrogens is 2. The molecule has 27 heavy (non-hydrogen) atoms. The Kier molecular flexibility index (Phi) is 5.31. The van der Waals surface area contributed by atoms with E-state index in [9.17, 15) is 9.59 Å². The minimum absolute atomic E-state index is 0.140. The van der Waals surface area contributed by atoms with Crippen LogP contribution < -0.4 is 10.5 Å². The van der Waals surface area contributed by atoms with E-state index in [0.29, 0.717) is 29.6 Å². The Hall–Kier alpha value is -2.51. The molecule has 3 heterocycles. The van der Waals surface area contributed by atoms with E-state index in [4.69, 9.17) is 0 Å². The molecule has 0 aliphatic carbocycles. The molecule has 2 aromatic heterocycles. The number of nitrogens with zero attached hydrogens (tertiary/aromatic N) is 2. The van der Waals surface area contributed by atoms with Crippen molar-refractivity contribution in [2.45, 2.75) is 19.4 Å². The van der Waals surface area contributed by atoms with Crippen molar-refractivity contribution in [1.82, 2.24) is 14.9 Å². The number of hydrogen-bond acceptors (Lipinski definition) is 4. The SMILES string of the molecule is O=C(CCc1nc2ccccc2c(=O)[nH]1)N1CC[NH+](Cc2cccs2)CC1. The van der Waals surface area contributed by atoms with Crippen molar-refractivity contribution >= 4 is 28.1 Å². The fourth-order valence-electron chi connectivity index (χ4n) is 3.55. The molecule has 3 aromatic rings. The van der Waals surface area contributed by atoms with E-state index >= 15 is 0 Å². The monoisotopic (exact) mass is 383 g/mol. The van der Waals surface area contributed by atoms with Crippen LogP contribution in [-0.2, 0) is 17.8 Å². The third-order valence-electron chi connectivity index (χ3n) is 5.07. The number of carbonyl (C=O) groups is 1. The van der Waals surface area contributed by atoms with Gasteiger partial charge in [0.1, 0.15) is 12.4 Å². The summed E-state index contributed by atoms with van der Waals surface area (Å²) in [7, 11) is 0. The van der Waals surface area contributed by atoms with E-state index < -0.39 is 0 Å². The smallest absolute Gasteiger partial charge is 0.258 e. The number of nitrogens with one attached hydrogen (secondary N) is 2. The first-order valence-electron chi connectivity index (χ1n) is 9.31. The van der Waals surface area contributed by atoms with Gasteiger partial charge in [0.25, 0.3) is 5.56 Å². The number of thiophene rings is 1. The van der Waals surface area contributed by atoms with E-state index in [1.54, 1.807) is 17.4 Å². The van der Waals surface area contributed by atoms with Gasteiger partial charge in [-0.05, 0) is 23.6 Å². The molecular weight excluding hydrogens is 360 g/mol. The Morgan fingerprint density at radius 2 is 2.00 bits per heavy atom. The van der Waals surface area contributed by atoms with Crippen molar-refractivity contribution < 1.29 is 9.69 Å². The number of para-hydroxylation sites is 1. The lowest BCUT2D eigenvalue weighted by Gasteiger charge is -2.32. The minimum atomic E-state index is -0.145. The van der Waals surface area contributed by atoms with E-state index in [2.05, 4.69) is 27.5 Å². The Morgan fingerprint density at radius 1 is 1.19 bits per heavy atom. The summed E-state index contributed by atoms with van der Waals surface area (Å²) in [5, 5.41) is 2.69. The molecule has 1 amide bonds. The molecular formula is C20H23N4O2S+. The summed E-state index contributed by atoms with van der Waals surface area (Å²) >= 11 is 1.79. The third-order valence-corrected chi connectivity index (χ3v) is 5.94. The molecule has 6 nitrogen and oxygen atoms in total. The first-order valence-corrected chi connectivity index (χ1v) is 10.2. The zero-order valence-corrected chi connectivity index (χ0v) is 15.9. The van der Waals surface area contributed by atoms with Crippen LogP contribution in [0.3, 0.4) is 0 Å². The van der Waals surface area contributed by atoms with Crippen molar-refractivity contribution in [2.24, 2.45) is 0 Å². The summed E-state index contributed by atoms with van der Waals surface area (Å²) in [6, 6.07) is 11.5. The van der Waals surface area contributed by atoms with E-state index in [1.165, 1.54) is 9.78 Å². The van der Waals surface area contributed by atoms with Crippen LogP contribution in [0.2, 0.25) is 0 Å². The van der Waals surface area contributed by atoms with Crippen LogP contribution in [-0.4, -0.2) is 47.0 Å². The topological polar surface area (TPSA) is 70.5 Å². The first-order chi connectivity index (χ1) is 13.2. The second kappa shape index (κ2) is 8.02. The van der Waals surface area contributed by atoms with Gasteiger partial charge < -0.3 is 14.8 Å². The summed E-state index contributed by atoms with van der Waals surface area (Å²) in [4.78, 5) is 36.8. The van der Waals surface area contributed by atoms with Gasteiger partial charge in [-0.2, -0.15) is 0 Å². The van der Waals surface area contributed by atoms with Gasteiger partial charge in [0.05, 0.1) is 42.0 Å². The van der Waals surface area contributed by atoms with Crippen LogP contribution in [0.5, 0.6) is 0 Å². The van der Waals surface area contributed by atoms with Gasteiger partial charge in [-0.3, -0.25) is 9.59 Å². The Morgan fingerprint density at radius 3 is 2.78 bits per heavy atom. The summed E-state index contributed by atoms with van der Waals surface area (Å²) in [6.07, 6.45) is 0.836. The van der Waals surface area contributed by atoms with Crippen LogP contribution >= 0.6 is 11.3 Å². The first kappa shape index (κ1) is 17.9. The molecule has 0 radical (unpaired) electrons. The average molecular weight is 383 g/mol. The predicted molar refractivity (Wildman–Crippen MR) is 106 cm³/mol. The number of fused-ring (bicyclic) bond motifs is 1. The van der Waals surface area contributed by atoms with Crippen molar-refractivity contribution in [3.8, 4) is 0 Å². The van der Waals surface area contributed by atoms with Crippen LogP contribution in [0, 0.1) is 0 Å². The number of carbonyl (C=O) groups excluding carboxylic acids is 1. The third kappa shape index (κ3) is 4.26. The van der Waals surface area contributed by atoms with Crippen molar-refractivity contribution in [3.05, 3.63) is 62.8 Å². The molecule has 0 bridgehead atoms. The Labute approximate surface area is 161 Å². The van der Waals surface area contributed by atoms with Crippen LogP contribution in [0.1, 0.15) is 17.1 Å². The maximum atomic E-state index is 12.5. The number of aryl methyl sites for hydroxylation is 1. The van der Waals surface area contributed by atoms with Gasteiger partial charge in [0.2, 0.25) is 5.91 Å². The summed E-state index contributed by atoms with van der Waals surface area (Å²) in [6.45, 7) is 4.59. The number of hydrogen-bond donors (Lipinski definition) is 2. The van der Waals surface area contributed by atoms with Gasteiger partial charge in [-0.25, -0.2) is 4.98 Å². The molecule has 1 aromatic carbocycles. The van der Waals surface area contributed by atoms with Gasteiger partial charge in [-0.15, -0.1) is 11.3 Å². The summed E-state index contributed by atoms with van der Waals surface area (Å²) in [5.74, 6) is 0.718. The zero-order valence-electron chi connectivity index (χ0n) is 15.1. The van der Waals surface area contributed by atoms with Gasteiger partial charge in [0.15, 0.2) is 0 Å². The largest absolute Gasteiger partial charge is 0.331 e. The number of amides is 1. The highest BCUT2D eigenvalue weighted by atomic mass is 32.1. The number of aromatic amines is 1. The average Bonchev–Trinajstić information content (AvgIpc) is 3.20. The van der Waals surface area contributed by atoms with Gasteiger partial charge in [-0.1, -0.05) is 18.2 Å². The van der Waals surface area contributed by atoms with E-state index in [1.807, 2.05) is 23.1 Å². The second-order valence-corrected chi connectivity index (χ2v) is 7.95. The van der Waals surface area contributed by atoms with Crippen LogP contribution in [0.25, 0.3) is 10.9 Å². The molecule has 0 saturated carbocycles. The molecule has 4 rings (SSSR count). The molecule has 1 aliphatic rings. The Bertz CT molecular complexity index is 975. The molecule has 0 unspecified atom stereocenters. The van der Waals surface area contributed by atoms with Gasteiger partial charge in [0, 0.05) is 12.8 Å². The maximum Gasteiger partial charge on any atom is 0.258 e. The number of H-pyrrole nitrogens is 1. The molecule has 2 N–H and O–H groups in total. The standard InChI is InChI=1S/C20H22N4O2S/c25-19(24-11-9-23(10-12-24)14-15-4-3-13-27-15)8-7-18-21-17-6-2-1-5-16(17)20(26)22-18/h1-6,13H,7-12,14H2,(H,21,22,26)/p+1. The minimum Gasteiger partial charge on any atom is -0.331 e. The van der Waals surface area contributed by atoms with E-state index in [0.717, 1.165) is 32.7 Å². The molecule has 0 atom stereocenters. The number of piperazine rings is 1. The lowest BCUT2D eigenvalue weighted by Crippen LogP contribution is -3.13. The highest BCUT2D eigenvalue weighted by molar-refractivity contribution is 7.09. The highest BCUT2D eigenvalue weighted by Gasteiger charge is 2.23. The summed E-state index contributed by atoms with van der Waals surface area (Å²) in [5.41, 5.74) is 0.531. The summed E-state index contributed by atoms with van der Waals surface area (Å²) < 4.78 is 0. The Balaban J connectivity index is 1.30. The molecule has 0 spiro atoms. The van der Waals surface area contributed by atoms with Crippen LogP contribution in [0.4, 0.5) is 0 Å². The van der Waals surface area contributed by atoms with Crippen molar-refractivity contribution in [2.75, 3.05) is 26.2 Å². The lowest BCUT2D eigenvalue weighted by molar-refractivity contribution is -0.917. The molecule has 7 heteroatoms. The number of rotatable bonds is 5. The van der Waals surface area contributed by atoms with Crippen LogP contribution in [0.15, 0.2) is 46.6 Å². The fraction of sp³-hybridized carbons (Fsp3) is 0.350. The predicted octanol–water partition coefficient (Wildman–Crippen LogP) is 0.845. The second-order valence-electron chi connectivity index (χ2n) is 6.92. The van der Waals surface area contributed by atoms with E-state index in [-0.39, 0.29) is 11.5 Å². The maximum absolute atomic E-state index is 12.5. The zero-order chi connectivity index (χ0) is 18.6. The molecule has 1 saturated heterocycles. The molecule has 1 fully saturated rings. The molecule has 140 valence electrons. The number of quaternary nitrogens is 1. The van der Waals surface area contributed by atoms with Crippen molar-refractivity contribution in [1.29, 1.82) is 0 Å². The normalized spacial score (nSPS) is 15.3.